The molecule has 0 atom stereocenters. The molecule has 0 bridgehead atoms. The summed E-state index contributed by atoms with van der Waals surface area (Å²) in [6.45, 7) is 3.19. The van der Waals surface area contributed by atoms with Crippen molar-refractivity contribution in [1.29, 1.82) is 0 Å². The Morgan fingerprint density at radius 1 is 0.969 bits per heavy atom. The van der Waals surface area contributed by atoms with E-state index in [1.165, 1.54) is 16.7 Å². The quantitative estimate of drug-likeness (QED) is 0.357. The van der Waals surface area contributed by atoms with Gasteiger partial charge in [0.25, 0.3) is 5.89 Å². The molecule has 0 aliphatic heterocycles. The third kappa shape index (κ3) is 5.10. The molecule has 0 saturated heterocycles. The van der Waals surface area contributed by atoms with Crippen LogP contribution in [0.25, 0.3) is 34.0 Å². The van der Waals surface area contributed by atoms with Gasteiger partial charge in [-0.2, -0.15) is 4.98 Å². The molecule has 0 radical (unpaired) electrons. The maximum Gasteiger partial charge on any atom is 0.304 e. The molecule has 6 heteroatoms. The predicted octanol–water partition coefficient (Wildman–Crippen LogP) is 5.20. The third-order valence-electron chi connectivity index (χ3n) is 5.30. The van der Waals surface area contributed by atoms with Crippen molar-refractivity contribution >= 4 is 5.97 Å². The van der Waals surface area contributed by atoms with Crippen molar-refractivity contribution in [1.82, 2.24) is 15.5 Å². The number of nitrogens with one attached hydrogen (secondary N) is 1. The van der Waals surface area contributed by atoms with Crippen LogP contribution in [0.5, 0.6) is 0 Å². The van der Waals surface area contributed by atoms with Crippen molar-refractivity contribution in [3.05, 3.63) is 83.9 Å². The van der Waals surface area contributed by atoms with Crippen LogP contribution in [0.15, 0.2) is 77.3 Å². The number of carboxylic acids is 1. The number of rotatable bonds is 9. The standard InChI is InChI=1S/C26H25N3O3/c1-2-19-16-22(12-13-23(19)20-6-4-3-5-7-20)26-28-25(29-32-26)21-10-8-18(9-11-21)17-27-15-14-24(30)31/h3-13,16,27H,2,14-15,17H2,1H3,(H,30,31). The first kappa shape index (κ1) is 21.5. The van der Waals surface area contributed by atoms with E-state index in [0.29, 0.717) is 24.8 Å². The van der Waals surface area contributed by atoms with Crippen LogP contribution in [0, 0.1) is 0 Å². The number of carbonyl (C=O) groups is 1. The molecule has 0 amide bonds. The summed E-state index contributed by atoms with van der Waals surface area (Å²) in [5.41, 5.74) is 6.47. The molecule has 4 rings (SSSR count). The summed E-state index contributed by atoms with van der Waals surface area (Å²) in [4.78, 5) is 15.2. The molecule has 1 heterocycles. The van der Waals surface area contributed by atoms with Gasteiger partial charge in [0.05, 0.1) is 6.42 Å². The van der Waals surface area contributed by atoms with E-state index in [4.69, 9.17) is 9.63 Å². The second kappa shape index (κ2) is 10.0. The summed E-state index contributed by atoms with van der Waals surface area (Å²) in [5, 5.41) is 16.0. The molecule has 6 nitrogen and oxygen atoms in total. The Bertz CT molecular complexity index is 1180. The molecule has 32 heavy (non-hydrogen) atoms. The Balaban J connectivity index is 1.48. The maximum atomic E-state index is 10.6. The number of hydrogen-bond donors (Lipinski definition) is 2. The zero-order chi connectivity index (χ0) is 22.3. The molecule has 0 fully saturated rings. The van der Waals surface area contributed by atoms with Crippen LogP contribution in [0.4, 0.5) is 0 Å². The molecule has 0 spiro atoms. The topological polar surface area (TPSA) is 88.2 Å². The minimum Gasteiger partial charge on any atom is -0.481 e. The van der Waals surface area contributed by atoms with Gasteiger partial charge in [-0.3, -0.25) is 4.79 Å². The highest BCUT2D eigenvalue weighted by Crippen LogP contribution is 2.29. The van der Waals surface area contributed by atoms with Crippen molar-refractivity contribution in [3.63, 3.8) is 0 Å². The Labute approximate surface area is 186 Å². The zero-order valence-corrected chi connectivity index (χ0v) is 17.9. The fourth-order valence-electron chi connectivity index (χ4n) is 3.58. The summed E-state index contributed by atoms with van der Waals surface area (Å²) in [5.74, 6) is 0.228. The largest absolute Gasteiger partial charge is 0.481 e. The van der Waals surface area contributed by atoms with Gasteiger partial charge in [0.15, 0.2) is 0 Å². The highest BCUT2D eigenvalue weighted by atomic mass is 16.5. The first-order valence-electron chi connectivity index (χ1n) is 10.7. The molecular formula is C26H25N3O3. The minimum atomic E-state index is -0.804. The van der Waals surface area contributed by atoms with Crippen LogP contribution in [-0.2, 0) is 17.8 Å². The fraction of sp³-hybridized carbons (Fsp3) is 0.192. The number of aromatic nitrogens is 2. The molecule has 1 aromatic heterocycles. The smallest absolute Gasteiger partial charge is 0.304 e. The summed E-state index contributed by atoms with van der Waals surface area (Å²) < 4.78 is 5.55. The number of hydrogen-bond acceptors (Lipinski definition) is 5. The van der Waals surface area contributed by atoms with Gasteiger partial charge in [0.1, 0.15) is 0 Å². The van der Waals surface area contributed by atoms with Crippen molar-refractivity contribution < 1.29 is 14.4 Å². The third-order valence-corrected chi connectivity index (χ3v) is 5.30. The normalized spacial score (nSPS) is 10.9. The van der Waals surface area contributed by atoms with Crippen LogP contribution in [0.2, 0.25) is 0 Å². The van der Waals surface area contributed by atoms with Gasteiger partial charge in [0, 0.05) is 24.2 Å². The van der Waals surface area contributed by atoms with Gasteiger partial charge in [-0.25, -0.2) is 0 Å². The minimum absolute atomic E-state index is 0.107. The molecule has 0 saturated carbocycles. The Hall–Kier alpha value is -3.77. The van der Waals surface area contributed by atoms with Gasteiger partial charge in [-0.1, -0.05) is 72.7 Å². The second-order valence-corrected chi connectivity index (χ2v) is 7.53. The van der Waals surface area contributed by atoms with E-state index in [1.807, 2.05) is 48.5 Å². The Kier molecular flexibility index (Phi) is 6.72. The summed E-state index contributed by atoms with van der Waals surface area (Å²) >= 11 is 0. The molecule has 0 aliphatic carbocycles. The number of benzene rings is 3. The van der Waals surface area contributed by atoms with Crippen molar-refractivity contribution in [2.24, 2.45) is 0 Å². The molecule has 4 aromatic rings. The average Bonchev–Trinajstić information content (AvgIpc) is 3.32. The molecule has 162 valence electrons. The SMILES string of the molecule is CCc1cc(-c2nc(-c3ccc(CNCCC(=O)O)cc3)no2)ccc1-c1ccccc1. The fourth-order valence-corrected chi connectivity index (χ4v) is 3.58. The lowest BCUT2D eigenvalue weighted by Crippen LogP contribution is -2.17. The molecule has 2 N–H and O–H groups in total. The zero-order valence-electron chi connectivity index (χ0n) is 17.9. The Morgan fingerprint density at radius 2 is 1.72 bits per heavy atom. The first-order chi connectivity index (χ1) is 15.6. The van der Waals surface area contributed by atoms with Crippen LogP contribution >= 0.6 is 0 Å². The van der Waals surface area contributed by atoms with Crippen LogP contribution in [-0.4, -0.2) is 27.8 Å². The van der Waals surface area contributed by atoms with Crippen molar-refractivity contribution in [2.45, 2.75) is 26.3 Å². The van der Waals surface area contributed by atoms with Gasteiger partial charge in [-0.15, -0.1) is 0 Å². The van der Waals surface area contributed by atoms with Gasteiger partial charge < -0.3 is 14.9 Å². The molecule has 0 aliphatic rings. The van der Waals surface area contributed by atoms with E-state index in [-0.39, 0.29) is 6.42 Å². The van der Waals surface area contributed by atoms with E-state index in [9.17, 15) is 4.79 Å². The number of aryl methyl sites for hydroxylation is 1. The maximum absolute atomic E-state index is 10.6. The monoisotopic (exact) mass is 427 g/mol. The average molecular weight is 428 g/mol. The lowest BCUT2D eigenvalue weighted by molar-refractivity contribution is -0.136. The number of carboxylic acid groups (broad SMARTS) is 1. The molecule has 3 aromatic carbocycles. The van der Waals surface area contributed by atoms with Gasteiger partial charge >= 0.3 is 5.97 Å². The van der Waals surface area contributed by atoms with Crippen LogP contribution < -0.4 is 5.32 Å². The predicted molar refractivity (Wildman–Crippen MR) is 124 cm³/mol. The van der Waals surface area contributed by atoms with E-state index in [0.717, 1.165) is 23.1 Å². The molecule has 0 unspecified atom stereocenters. The summed E-state index contributed by atoms with van der Waals surface area (Å²) in [6.07, 6.45) is 1.01. The lowest BCUT2D eigenvalue weighted by Gasteiger charge is -2.09. The lowest BCUT2D eigenvalue weighted by atomic mass is 9.96. The number of aliphatic carboxylic acids is 1. The highest BCUT2D eigenvalue weighted by molar-refractivity contribution is 5.72. The highest BCUT2D eigenvalue weighted by Gasteiger charge is 2.13. The van der Waals surface area contributed by atoms with E-state index < -0.39 is 5.97 Å². The van der Waals surface area contributed by atoms with Crippen molar-refractivity contribution in [3.8, 4) is 34.0 Å². The van der Waals surface area contributed by atoms with Crippen LogP contribution in [0.1, 0.15) is 24.5 Å². The molecular weight excluding hydrogens is 402 g/mol. The first-order valence-corrected chi connectivity index (χ1v) is 10.7. The summed E-state index contributed by atoms with van der Waals surface area (Å²) in [7, 11) is 0. The Morgan fingerprint density at radius 3 is 2.44 bits per heavy atom. The van der Waals surface area contributed by atoms with Crippen molar-refractivity contribution in [2.75, 3.05) is 6.54 Å². The van der Waals surface area contributed by atoms with E-state index in [2.05, 4.69) is 46.6 Å². The van der Waals surface area contributed by atoms with Gasteiger partial charge in [0.2, 0.25) is 5.82 Å². The second-order valence-electron chi connectivity index (χ2n) is 7.53. The number of nitrogens with zero attached hydrogens (tertiary/aromatic N) is 2. The van der Waals surface area contributed by atoms with E-state index in [1.54, 1.807) is 0 Å². The van der Waals surface area contributed by atoms with Gasteiger partial charge in [-0.05, 0) is 40.8 Å². The van der Waals surface area contributed by atoms with Crippen LogP contribution in [0.3, 0.4) is 0 Å². The van der Waals surface area contributed by atoms with E-state index >= 15 is 0 Å². The summed E-state index contributed by atoms with van der Waals surface area (Å²) in [6, 6.07) is 24.4.